The lowest BCUT2D eigenvalue weighted by Crippen LogP contribution is -2.15. The van der Waals surface area contributed by atoms with Crippen molar-refractivity contribution >= 4 is 17.9 Å². The summed E-state index contributed by atoms with van der Waals surface area (Å²) >= 11 is 1.75. The molecule has 0 spiro atoms. The Morgan fingerprint density at radius 3 is 2.55 bits per heavy atom. The van der Waals surface area contributed by atoms with Crippen LogP contribution < -0.4 is 5.73 Å². The number of hydrogen-bond donors (Lipinski definition) is 1. The van der Waals surface area contributed by atoms with Crippen LogP contribution in [0.2, 0.25) is 0 Å². The summed E-state index contributed by atoms with van der Waals surface area (Å²) in [5.74, 6) is 1.24. The van der Waals surface area contributed by atoms with E-state index in [0.29, 0.717) is 19.4 Å². The minimum Gasteiger partial charge on any atom is -0.450 e. The molecule has 7 heteroatoms. The normalized spacial score (nSPS) is 11.1. The van der Waals surface area contributed by atoms with Crippen LogP contribution >= 0.6 is 11.8 Å². The van der Waals surface area contributed by atoms with Crippen LogP contribution in [0.1, 0.15) is 54.5 Å². The Kier molecular flexibility index (Phi) is 7.74. The molecule has 0 aliphatic carbocycles. The molecule has 3 aromatic rings. The van der Waals surface area contributed by atoms with Crippen molar-refractivity contribution in [3.63, 3.8) is 0 Å². The second kappa shape index (κ2) is 10.5. The zero-order valence-corrected chi connectivity index (χ0v) is 19.4. The average molecular weight is 439 g/mol. The van der Waals surface area contributed by atoms with E-state index in [1.54, 1.807) is 11.8 Å². The Balaban J connectivity index is 1.99. The summed E-state index contributed by atoms with van der Waals surface area (Å²) in [4.78, 5) is 21.6. The van der Waals surface area contributed by atoms with Gasteiger partial charge >= 0.3 is 6.09 Å². The molecule has 0 fully saturated rings. The van der Waals surface area contributed by atoms with E-state index >= 15 is 0 Å². The molecule has 3 rings (SSSR count). The van der Waals surface area contributed by atoms with Crippen LogP contribution in [0, 0.1) is 13.8 Å². The van der Waals surface area contributed by atoms with Gasteiger partial charge in [-0.1, -0.05) is 37.7 Å². The first kappa shape index (κ1) is 22.9. The number of primary amides is 1. The van der Waals surface area contributed by atoms with Gasteiger partial charge in [-0.15, -0.1) is 0 Å². The summed E-state index contributed by atoms with van der Waals surface area (Å²) in [7, 11) is 0. The number of nitrogens with two attached hydrogens (primary N) is 1. The fourth-order valence-electron chi connectivity index (χ4n) is 3.50. The summed E-state index contributed by atoms with van der Waals surface area (Å²) in [5.41, 5.74) is 9.63. The zero-order valence-electron chi connectivity index (χ0n) is 18.6. The van der Waals surface area contributed by atoms with Crippen molar-refractivity contribution in [1.82, 2.24) is 14.5 Å². The molecule has 0 bridgehead atoms. The SMILES string of the molecule is Cc1cc(C)cc(Sc2c(C(C)C)nc(CCCOC(N)=O)n2Cc2ccccn2)c1. The first-order valence-corrected chi connectivity index (χ1v) is 11.3. The molecule has 0 radical (unpaired) electrons. The number of imidazole rings is 1. The number of amides is 1. The van der Waals surface area contributed by atoms with E-state index in [1.807, 2.05) is 24.4 Å². The molecule has 0 unspecified atom stereocenters. The fourth-order valence-corrected chi connectivity index (χ4v) is 4.88. The molecule has 0 aliphatic heterocycles. The predicted molar refractivity (Wildman–Crippen MR) is 124 cm³/mol. The van der Waals surface area contributed by atoms with E-state index in [0.717, 1.165) is 22.2 Å². The number of benzene rings is 1. The van der Waals surface area contributed by atoms with Gasteiger partial charge in [0.1, 0.15) is 10.9 Å². The Bertz CT molecular complexity index is 1010. The quantitative estimate of drug-likeness (QED) is 0.462. The first-order chi connectivity index (χ1) is 14.8. The standard InChI is InChI=1S/C24H30N4O2S/c1-16(2)22-23(31-20-13-17(3)12-18(4)14-20)28(15-19-8-5-6-10-26-19)21(27-22)9-7-11-30-24(25)29/h5-6,8,10,12-14,16H,7,9,11,15H2,1-4H3,(H2,25,29). The third-order valence-corrected chi connectivity index (χ3v) is 5.91. The van der Waals surface area contributed by atoms with Gasteiger partial charge < -0.3 is 15.0 Å². The van der Waals surface area contributed by atoms with Gasteiger partial charge in [0, 0.05) is 17.5 Å². The number of ether oxygens (including phenoxy) is 1. The zero-order chi connectivity index (χ0) is 22.4. The van der Waals surface area contributed by atoms with Gasteiger partial charge in [-0.2, -0.15) is 0 Å². The van der Waals surface area contributed by atoms with Crippen molar-refractivity contribution in [1.29, 1.82) is 0 Å². The van der Waals surface area contributed by atoms with Crippen molar-refractivity contribution in [2.24, 2.45) is 5.73 Å². The maximum absolute atomic E-state index is 10.9. The minimum absolute atomic E-state index is 0.277. The van der Waals surface area contributed by atoms with E-state index in [1.165, 1.54) is 16.0 Å². The number of aryl methyl sites for hydroxylation is 3. The van der Waals surface area contributed by atoms with Gasteiger partial charge in [-0.05, 0) is 61.6 Å². The second-order valence-electron chi connectivity index (χ2n) is 7.98. The monoisotopic (exact) mass is 438 g/mol. The van der Waals surface area contributed by atoms with Gasteiger partial charge in [-0.25, -0.2) is 9.78 Å². The smallest absolute Gasteiger partial charge is 0.404 e. The second-order valence-corrected chi connectivity index (χ2v) is 9.04. The van der Waals surface area contributed by atoms with Crippen molar-refractivity contribution < 1.29 is 9.53 Å². The lowest BCUT2D eigenvalue weighted by atomic mass is 10.1. The summed E-state index contributed by atoms with van der Waals surface area (Å²) < 4.78 is 7.17. The molecule has 31 heavy (non-hydrogen) atoms. The van der Waals surface area contributed by atoms with E-state index in [2.05, 4.69) is 55.4 Å². The maximum atomic E-state index is 10.9. The fraction of sp³-hybridized carbons (Fsp3) is 0.375. The van der Waals surface area contributed by atoms with Crippen LogP contribution in [-0.4, -0.2) is 27.2 Å². The number of rotatable bonds is 9. The lowest BCUT2D eigenvalue weighted by Gasteiger charge is -2.14. The van der Waals surface area contributed by atoms with Gasteiger partial charge in [0.2, 0.25) is 0 Å². The van der Waals surface area contributed by atoms with Gasteiger partial charge in [0.15, 0.2) is 0 Å². The Morgan fingerprint density at radius 2 is 1.94 bits per heavy atom. The van der Waals surface area contributed by atoms with Crippen LogP contribution in [0.25, 0.3) is 0 Å². The highest BCUT2D eigenvalue weighted by atomic mass is 32.2. The van der Waals surface area contributed by atoms with Crippen LogP contribution in [0.15, 0.2) is 52.5 Å². The molecule has 2 heterocycles. The Morgan fingerprint density at radius 1 is 1.19 bits per heavy atom. The van der Waals surface area contributed by atoms with Crippen molar-refractivity contribution in [3.05, 3.63) is 70.9 Å². The molecule has 2 aromatic heterocycles. The summed E-state index contributed by atoms with van der Waals surface area (Å²) in [6.45, 7) is 9.49. The van der Waals surface area contributed by atoms with Crippen molar-refractivity contribution in [2.45, 2.75) is 62.9 Å². The molecule has 0 atom stereocenters. The molecule has 0 aliphatic rings. The Hall–Kier alpha value is -2.80. The number of pyridine rings is 1. The third-order valence-electron chi connectivity index (χ3n) is 4.82. The Labute approximate surface area is 188 Å². The van der Waals surface area contributed by atoms with Gasteiger partial charge in [0.25, 0.3) is 0 Å². The van der Waals surface area contributed by atoms with Crippen LogP contribution in [0.3, 0.4) is 0 Å². The van der Waals surface area contributed by atoms with E-state index in [4.69, 9.17) is 15.5 Å². The molecule has 0 saturated heterocycles. The maximum Gasteiger partial charge on any atom is 0.404 e. The number of carbonyl (C=O) groups is 1. The molecule has 6 nitrogen and oxygen atoms in total. The first-order valence-electron chi connectivity index (χ1n) is 10.5. The average Bonchev–Trinajstić information content (AvgIpc) is 3.02. The molecule has 164 valence electrons. The van der Waals surface area contributed by atoms with E-state index in [-0.39, 0.29) is 12.5 Å². The predicted octanol–water partition coefficient (Wildman–Crippen LogP) is 5.25. The highest BCUT2D eigenvalue weighted by molar-refractivity contribution is 7.99. The van der Waals surface area contributed by atoms with Crippen LogP contribution in [0.4, 0.5) is 4.79 Å². The lowest BCUT2D eigenvalue weighted by molar-refractivity contribution is 0.155. The van der Waals surface area contributed by atoms with E-state index in [9.17, 15) is 4.79 Å². The molecule has 1 aromatic carbocycles. The minimum atomic E-state index is -0.745. The molecule has 0 saturated carbocycles. The van der Waals surface area contributed by atoms with Crippen molar-refractivity contribution in [3.8, 4) is 0 Å². The molecule has 1 amide bonds. The largest absolute Gasteiger partial charge is 0.450 e. The van der Waals surface area contributed by atoms with Crippen LogP contribution in [0.5, 0.6) is 0 Å². The summed E-state index contributed by atoms with van der Waals surface area (Å²) in [6.07, 6.45) is 2.42. The number of hydrogen-bond acceptors (Lipinski definition) is 5. The third kappa shape index (κ3) is 6.34. The van der Waals surface area contributed by atoms with Crippen LogP contribution in [-0.2, 0) is 17.7 Å². The molecular formula is C24H30N4O2S. The van der Waals surface area contributed by atoms with Gasteiger partial charge in [0.05, 0.1) is 24.5 Å². The number of nitrogens with zero attached hydrogens (tertiary/aromatic N) is 3. The summed E-state index contributed by atoms with van der Waals surface area (Å²) in [5, 5.41) is 1.14. The topological polar surface area (TPSA) is 83.0 Å². The highest BCUT2D eigenvalue weighted by Crippen LogP contribution is 2.36. The molecular weight excluding hydrogens is 408 g/mol. The number of carbonyl (C=O) groups excluding carboxylic acids is 1. The number of aromatic nitrogens is 3. The van der Waals surface area contributed by atoms with Crippen molar-refractivity contribution in [2.75, 3.05) is 6.61 Å². The summed E-state index contributed by atoms with van der Waals surface area (Å²) in [6, 6.07) is 12.5. The highest BCUT2D eigenvalue weighted by Gasteiger charge is 2.21. The molecule has 2 N–H and O–H groups in total. The van der Waals surface area contributed by atoms with E-state index < -0.39 is 6.09 Å². The van der Waals surface area contributed by atoms with Gasteiger partial charge in [-0.3, -0.25) is 4.98 Å².